The molecule has 1 fully saturated rings. The third-order valence-corrected chi connectivity index (χ3v) is 6.17. The number of carbonyl (C=O) groups is 3. The number of fused-ring (bicyclic) bond motifs is 1. The maximum atomic E-state index is 12.4. The number of esters is 1. The molecule has 0 spiro atoms. The topological polar surface area (TPSA) is 110 Å². The second kappa shape index (κ2) is 14.3. The first kappa shape index (κ1) is 27.3. The fourth-order valence-electron chi connectivity index (χ4n) is 4.30. The number of likely N-dealkylation sites (N-methyl/N-ethyl adjacent to an activating group) is 1. The van der Waals surface area contributed by atoms with Crippen molar-refractivity contribution in [2.45, 2.75) is 64.4 Å². The summed E-state index contributed by atoms with van der Waals surface area (Å²) in [4.78, 5) is 40.6. The van der Waals surface area contributed by atoms with E-state index in [0.717, 1.165) is 43.7 Å². The Balaban J connectivity index is 0.000000253. The number of carbonyl (C=O) groups excluding carboxylic acids is 3. The first-order valence-electron chi connectivity index (χ1n) is 12.4. The average molecular weight is 497 g/mol. The molecule has 1 aromatic heterocycles. The van der Waals surface area contributed by atoms with Crippen molar-refractivity contribution in [3.05, 3.63) is 59.4 Å². The van der Waals surface area contributed by atoms with Gasteiger partial charge < -0.3 is 29.8 Å². The molecule has 1 aromatic carbocycles. The molecule has 9 nitrogen and oxygen atoms in total. The van der Waals surface area contributed by atoms with Crippen molar-refractivity contribution in [3.63, 3.8) is 0 Å². The number of unbranched alkanes of at least 4 members (excludes halogenated alkanes) is 1. The van der Waals surface area contributed by atoms with Gasteiger partial charge in [0, 0.05) is 31.7 Å². The smallest absolute Gasteiger partial charge is 0.329 e. The van der Waals surface area contributed by atoms with E-state index in [1.165, 1.54) is 11.1 Å². The predicted molar refractivity (Wildman–Crippen MR) is 135 cm³/mol. The molecule has 2 N–H and O–H groups in total. The highest BCUT2D eigenvalue weighted by Gasteiger charge is 2.39. The number of pyridine rings is 1. The molecule has 2 aromatic rings. The Morgan fingerprint density at radius 1 is 1.19 bits per heavy atom. The zero-order valence-electron chi connectivity index (χ0n) is 21.1. The quantitative estimate of drug-likeness (QED) is 0.293. The highest BCUT2D eigenvalue weighted by atomic mass is 16.5. The Morgan fingerprint density at radius 2 is 1.97 bits per heavy atom. The molecule has 0 bridgehead atoms. The van der Waals surface area contributed by atoms with Crippen molar-refractivity contribution >= 4 is 18.2 Å². The maximum Gasteiger partial charge on any atom is 0.329 e. The molecule has 2 unspecified atom stereocenters. The molecule has 3 heterocycles. The predicted octanol–water partition coefficient (Wildman–Crippen LogP) is 2.37. The van der Waals surface area contributed by atoms with Crippen molar-refractivity contribution in [3.8, 4) is 5.75 Å². The number of hydrogen-bond donors (Lipinski definition) is 2. The van der Waals surface area contributed by atoms with Crippen molar-refractivity contribution in [1.82, 2.24) is 20.5 Å². The number of nitrogens with zero attached hydrogens (tertiary/aromatic N) is 2. The average Bonchev–Trinajstić information content (AvgIpc) is 3.52. The monoisotopic (exact) mass is 496 g/mol. The second-order valence-electron chi connectivity index (χ2n) is 8.90. The molecular weight excluding hydrogens is 460 g/mol. The van der Waals surface area contributed by atoms with Crippen LogP contribution in [0.15, 0.2) is 42.6 Å². The molecule has 0 aliphatic carbocycles. The number of benzene rings is 1. The molecule has 0 saturated carbocycles. The lowest BCUT2D eigenvalue weighted by molar-refractivity contribution is -0.155. The lowest BCUT2D eigenvalue weighted by Gasteiger charge is -2.27. The number of rotatable bonds is 10. The minimum Gasteiger partial charge on any atom is -0.494 e. The van der Waals surface area contributed by atoms with Gasteiger partial charge in [0.2, 0.25) is 5.91 Å². The van der Waals surface area contributed by atoms with Gasteiger partial charge in [0.15, 0.2) is 0 Å². The van der Waals surface area contributed by atoms with Crippen molar-refractivity contribution < 1.29 is 23.9 Å². The summed E-state index contributed by atoms with van der Waals surface area (Å²) >= 11 is 0. The minimum absolute atomic E-state index is 0.0626. The standard InChI is InChI=1S/C17H24N4O3.C10H12O2/c1-11-3-4-15(21(11)16(22)9-18-2)17(23)24-10-14-5-12-6-19-7-13(12)8-20-14;11-8-4-5-9-12-10-6-2-1-3-7-10/h5,8,11,15,18-19H,3-4,6-7,9-10H2,1-2H3;1-3,6-8H,4-5,9H2. The van der Waals surface area contributed by atoms with Crippen LogP contribution in [0.25, 0.3) is 0 Å². The van der Waals surface area contributed by atoms with Crippen LogP contribution in [0.4, 0.5) is 0 Å². The van der Waals surface area contributed by atoms with E-state index in [1.807, 2.05) is 49.5 Å². The molecule has 2 atom stereocenters. The summed E-state index contributed by atoms with van der Waals surface area (Å²) in [7, 11) is 1.72. The van der Waals surface area contributed by atoms with Crippen LogP contribution >= 0.6 is 0 Å². The number of likely N-dealkylation sites (tertiary alicyclic amines) is 1. The zero-order chi connectivity index (χ0) is 25.8. The Hall–Kier alpha value is -3.30. The highest BCUT2D eigenvalue weighted by Crippen LogP contribution is 2.25. The Bertz CT molecular complexity index is 1000. The SMILES string of the molecule is CNCC(=O)N1C(C)CCC1C(=O)OCc1cc2c(cn1)CNC2.O=CCCCOc1ccccc1. The van der Waals surface area contributed by atoms with Gasteiger partial charge in [-0.3, -0.25) is 9.78 Å². The van der Waals surface area contributed by atoms with Crippen LogP contribution in [-0.4, -0.2) is 60.3 Å². The molecule has 2 aliphatic rings. The first-order chi connectivity index (χ1) is 17.5. The van der Waals surface area contributed by atoms with Gasteiger partial charge in [-0.1, -0.05) is 18.2 Å². The first-order valence-corrected chi connectivity index (χ1v) is 12.4. The summed E-state index contributed by atoms with van der Waals surface area (Å²) in [5.74, 6) is 0.457. The number of aldehydes is 1. The number of ether oxygens (including phenoxy) is 2. The molecule has 0 radical (unpaired) electrons. The minimum atomic E-state index is -0.489. The Kier molecular flexibility index (Phi) is 10.8. The number of aromatic nitrogens is 1. The normalized spacial score (nSPS) is 18.1. The second-order valence-corrected chi connectivity index (χ2v) is 8.90. The van der Waals surface area contributed by atoms with Gasteiger partial charge in [-0.05, 0) is 62.6 Å². The molecule has 194 valence electrons. The van der Waals surface area contributed by atoms with Gasteiger partial charge in [0.1, 0.15) is 24.7 Å². The number of hydrogen-bond acceptors (Lipinski definition) is 8. The van der Waals surface area contributed by atoms with E-state index in [0.29, 0.717) is 19.4 Å². The van der Waals surface area contributed by atoms with Gasteiger partial charge in [-0.15, -0.1) is 0 Å². The maximum absolute atomic E-state index is 12.4. The van der Waals surface area contributed by atoms with Gasteiger partial charge in [-0.2, -0.15) is 0 Å². The van der Waals surface area contributed by atoms with E-state index in [9.17, 15) is 14.4 Å². The lowest BCUT2D eigenvalue weighted by Crippen LogP contribution is -2.47. The van der Waals surface area contributed by atoms with Crippen LogP contribution in [0, 0.1) is 0 Å². The van der Waals surface area contributed by atoms with E-state index in [4.69, 9.17) is 9.47 Å². The van der Waals surface area contributed by atoms with Gasteiger partial charge in [0.05, 0.1) is 18.8 Å². The highest BCUT2D eigenvalue weighted by molar-refractivity contribution is 5.86. The van der Waals surface area contributed by atoms with E-state index in [1.54, 1.807) is 11.9 Å². The molecular formula is C27H36N4O5. The molecule has 9 heteroatoms. The summed E-state index contributed by atoms with van der Waals surface area (Å²) in [5.41, 5.74) is 3.14. The third kappa shape index (κ3) is 7.86. The van der Waals surface area contributed by atoms with Gasteiger partial charge in [-0.25, -0.2) is 4.79 Å². The molecule has 4 rings (SSSR count). The molecule has 2 aliphatic heterocycles. The van der Waals surface area contributed by atoms with E-state index < -0.39 is 6.04 Å². The van der Waals surface area contributed by atoms with Gasteiger partial charge in [0.25, 0.3) is 0 Å². The molecule has 1 saturated heterocycles. The summed E-state index contributed by atoms with van der Waals surface area (Å²) in [5, 5.41) is 6.11. The van der Waals surface area contributed by atoms with E-state index in [2.05, 4.69) is 15.6 Å². The number of para-hydroxylation sites is 1. The lowest BCUT2D eigenvalue weighted by atomic mass is 10.1. The summed E-state index contributed by atoms with van der Waals surface area (Å²) in [6.45, 7) is 4.62. The summed E-state index contributed by atoms with van der Waals surface area (Å²) in [6, 6.07) is 11.2. The van der Waals surface area contributed by atoms with E-state index >= 15 is 0 Å². The fourth-order valence-corrected chi connectivity index (χ4v) is 4.30. The third-order valence-electron chi connectivity index (χ3n) is 6.17. The molecule has 36 heavy (non-hydrogen) atoms. The van der Waals surface area contributed by atoms with Crippen molar-refractivity contribution in [1.29, 1.82) is 0 Å². The number of amides is 1. The van der Waals surface area contributed by atoms with E-state index in [-0.39, 0.29) is 31.1 Å². The van der Waals surface area contributed by atoms with Crippen molar-refractivity contribution in [2.24, 2.45) is 0 Å². The van der Waals surface area contributed by atoms with Crippen LogP contribution in [-0.2, 0) is 38.8 Å². The van der Waals surface area contributed by atoms with Crippen LogP contribution in [0.3, 0.4) is 0 Å². The van der Waals surface area contributed by atoms with Crippen LogP contribution in [0.5, 0.6) is 5.75 Å². The Morgan fingerprint density at radius 3 is 2.72 bits per heavy atom. The van der Waals surface area contributed by atoms with Crippen LogP contribution < -0.4 is 15.4 Å². The summed E-state index contributed by atoms with van der Waals surface area (Å²) in [6.07, 6.45) is 5.58. The van der Waals surface area contributed by atoms with Crippen LogP contribution in [0.1, 0.15) is 49.4 Å². The van der Waals surface area contributed by atoms with Gasteiger partial charge >= 0.3 is 5.97 Å². The zero-order valence-corrected chi connectivity index (χ0v) is 21.1. The van der Waals surface area contributed by atoms with Crippen molar-refractivity contribution in [2.75, 3.05) is 20.2 Å². The number of nitrogens with one attached hydrogen (secondary N) is 2. The largest absolute Gasteiger partial charge is 0.494 e. The molecule has 1 amide bonds. The summed E-state index contributed by atoms with van der Waals surface area (Å²) < 4.78 is 10.8. The van der Waals surface area contributed by atoms with Crippen LogP contribution in [0.2, 0.25) is 0 Å². The fraction of sp³-hybridized carbons (Fsp3) is 0.481. The Labute approximate surface area is 212 Å².